The van der Waals surface area contributed by atoms with Crippen LogP contribution >= 0.6 is 0 Å². The van der Waals surface area contributed by atoms with Crippen molar-refractivity contribution in [3.63, 3.8) is 0 Å². The lowest BCUT2D eigenvalue weighted by molar-refractivity contribution is -0.150. The summed E-state index contributed by atoms with van der Waals surface area (Å²) in [5.74, 6) is 1.55. The number of carbonyl (C=O) groups excluding carboxylic acids is 1. The Morgan fingerprint density at radius 1 is 1.39 bits per heavy atom. The Balaban J connectivity index is 2.50. The van der Waals surface area contributed by atoms with Crippen LogP contribution in [0, 0.1) is 17.8 Å². The molecule has 0 aromatic carbocycles. The SMILES string of the molecule is C#CC(C)NC(=O)NCC1(C(=O)O)CCCCC1. The number of rotatable bonds is 4. The zero-order valence-corrected chi connectivity index (χ0v) is 10.7. The molecule has 1 fully saturated rings. The van der Waals surface area contributed by atoms with E-state index < -0.39 is 17.4 Å². The third kappa shape index (κ3) is 3.66. The Morgan fingerprint density at radius 3 is 2.50 bits per heavy atom. The van der Waals surface area contributed by atoms with Crippen LogP contribution in [-0.2, 0) is 4.79 Å². The molecule has 5 heteroatoms. The Bertz CT molecular complexity index is 354. The lowest BCUT2D eigenvalue weighted by atomic mass is 9.74. The molecule has 0 aromatic heterocycles. The molecule has 100 valence electrons. The van der Waals surface area contributed by atoms with Crippen molar-refractivity contribution >= 4 is 12.0 Å². The van der Waals surface area contributed by atoms with Crippen molar-refractivity contribution in [2.45, 2.75) is 45.1 Å². The van der Waals surface area contributed by atoms with E-state index in [-0.39, 0.29) is 12.6 Å². The van der Waals surface area contributed by atoms with Crippen molar-refractivity contribution in [1.29, 1.82) is 0 Å². The maximum atomic E-state index is 11.5. The number of carbonyl (C=O) groups is 2. The molecule has 0 bridgehead atoms. The number of carboxylic acids is 1. The van der Waals surface area contributed by atoms with Crippen LogP contribution in [0.4, 0.5) is 4.79 Å². The maximum absolute atomic E-state index is 11.5. The molecule has 1 saturated carbocycles. The Morgan fingerprint density at radius 2 is 2.00 bits per heavy atom. The van der Waals surface area contributed by atoms with Crippen LogP contribution in [0.15, 0.2) is 0 Å². The zero-order chi connectivity index (χ0) is 13.6. The lowest BCUT2D eigenvalue weighted by Crippen LogP contribution is -2.48. The zero-order valence-electron chi connectivity index (χ0n) is 10.7. The lowest BCUT2D eigenvalue weighted by Gasteiger charge is -2.33. The number of terminal acetylenes is 1. The summed E-state index contributed by atoms with van der Waals surface area (Å²) in [6, 6.07) is -0.774. The average Bonchev–Trinajstić information content (AvgIpc) is 2.37. The summed E-state index contributed by atoms with van der Waals surface area (Å²) in [6.45, 7) is 1.85. The van der Waals surface area contributed by atoms with Crippen molar-refractivity contribution in [3.8, 4) is 12.3 Å². The van der Waals surface area contributed by atoms with E-state index in [1.807, 2.05) is 0 Å². The highest BCUT2D eigenvalue weighted by atomic mass is 16.4. The number of hydrogen-bond acceptors (Lipinski definition) is 2. The van der Waals surface area contributed by atoms with E-state index in [0.717, 1.165) is 19.3 Å². The highest BCUT2D eigenvalue weighted by molar-refractivity contribution is 5.78. The Labute approximate surface area is 107 Å². The molecule has 2 amide bonds. The van der Waals surface area contributed by atoms with Gasteiger partial charge in [-0.3, -0.25) is 4.79 Å². The van der Waals surface area contributed by atoms with Crippen molar-refractivity contribution in [2.24, 2.45) is 5.41 Å². The number of carboxylic acid groups (broad SMARTS) is 1. The molecular formula is C13H20N2O3. The minimum absolute atomic E-state index is 0.158. The van der Waals surface area contributed by atoms with Gasteiger partial charge in [-0.2, -0.15) is 0 Å². The fourth-order valence-electron chi connectivity index (χ4n) is 2.23. The molecule has 1 aliphatic rings. The predicted molar refractivity (Wildman–Crippen MR) is 68.0 cm³/mol. The predicted octanol–water partition coefficient (Wildman–Crippen LogP) is 1.34. The molecule has 1 atom stereocenters. The fourth-order valence-corrected chi connectivity index (χ4v) is 2.23. The maximum Gasteiger partial charge on any atom is 0.315 e. The largest absolute Gasteiger partial charge is 0.481 e. The number of urea groups is 1. The van der Waals surface area contributed by atoms with Gasteiger partial charge in [0.25, 0.3) is 0 Å². The van der Waals surface area contributed by atoms with E-state index in [1.54, 1.807) is 6.92 Å². The third-order valence-electron chi connectivity index (χ3n) is 3.45. The van der Waals surface area contributed by atoms with Crippen LogP contribution in [-0.4, -0.2) is 29.7 Å². The highest BCUT2D eigenvalue weighted by Gasteiger charge is 2.39. The van der Waals surface area contributed by atoms with E-state index in [9.17, 15) is 14.7 Å². The van der Waals surface area contributed by atoms with Crippen LogP contribution in [0.1, 0.15) is 39.0 Å². The minimum Gasteiger partial charge on any atom is -0.481 e. The minimum atomic E-state index is -0.826. The summed E-state index contributed by atoms with van der Waals surface area (Å²) in [5.41, 5.74) is -0.811. The fraction of sp³-hybridized carbons (Fsp3) is 0.692. The van der Waals surface area contributed by atoms with Gasteiger partial charge in [-0.25, -0.2) is 4.79 Å². The molecule has 0 aromatic rings. The van der Waals surface area contributed by atoms with Crippen LogP contribution < -0.4 is 10.6 Å². The van der Waals surface area contributed by atoms with Gasteiger partial charge in [-0.15, -0.1) is 6.42 Å². The Kier molecular flexibility index (Phi) is 5.02. The Hall–Kier alpha value is -1.70. The molecule has 5 nitrogen and oxygen atoms in total. The molecule has 3 N–H and O–H groups in total. The van der Waals surface area contributed by atoms with Gasteiger partial charge in [-0.1, -0.05) is 25.2 Å². The van der Waals surface area contributed by atoms with Crippen molar-refractivity contribution in [3.05, 3.63) is 0 Å². The first-order chi connectivity index (χ1) is 8.50. The van der Waals surface area contributed by atoms with Gasteiger partial charge in [-0.05, 0) is 19.8 Å². The van der Waals surface area contributed by atoms with E-state index in [4.69, 9.17) is 6.42 Å². The van der Waals surface area contributed by atoms with Crippen molar-refractivity contribution in [1.82, 2.24) is 10.6 Å². The summed E-state index contributed by atoms with van der Waals surface area (Å²) in [4.78, 5) is 22.9. The summed E-state index contributed by atoms with van der Waals surface area (Å²) < 4.78 is 0. The van der Waals surface area contributed by atoms with Gasteiger partial charge in [0, 0.05) is 6.54 Å². The van der Waals surface area contributed by atoms with Crippen molar-refractivity contribution < 1.29 is 14.7 Å². The van der Waals surface area contributed by atoms with Gasteiger partial charge in [0.2, 0.25) is 0 Å². The summed E-state index contributed by atoms with van der Waals surface area (Å²) in [5, 5.41) is 14.5. The van der Waals surface area contributed by atoms with Crippen LogP contribution in [0.25, 0.3) is 0 Å². The molecule has 0 saturated heterocycles. The van der Waals surface area contributed by atoms with Gasteiger partial charge in [0.05, 0.1) is 11.5 Å². The molecular weight excluding hydrogens is 232 g/mol. The second kappa shape index (κ2) is 6.29. The smallest absolute Gasteiger partial charge is 0.315 e. The molecule has 0 aliphatic heterocycles. The molecule has 1 unspecified atom stereocenters. The highest BCUT2D eigenvalue weighted by Crippen LogP contribution is 2.35. The summed E-state index contributed by atoms with van der Waals surface area (Å²) >= 11 is 0. The second-order valence-electron chi connectivity index (χ2n) is 4.86. The van der Waals surface area contributed by atoms with Crippen LogP contribution in [0.5, 0.6) is 0 Å². The molecule has 18 heavy (non-hydrogen) atoms. The first-order valence-corrected chi connectivity index (χ1v) is 6.24. The van der Waals surface area contributed by atoms with Crippen molar-refractivity contribution in [2.75, 3.05) is 6.54 Å². The van der Waals surface area contributed by atoms with Gasteiger partial charge < -0.3 is 15.7 Å². The van der Waals surface area contributed by atoms with E-state index in [0.29, 0.717) is 12.8 Å². The third-order valence-corrected chi connectivity index (χ3v) is 3.45. The summed E-state index contributed by atoms with van der Waals surface area (Å²) in [7, 11) is 0. The number of nitrogens with one attached hydrogen (secondary N) is 2. The van der Waals surface area contributed by atoms with Gasteiger partial charge in [0.1, 0.15) is 0 Å². The topological polar surface area (TPSA) is 78.4 Å². The second-order valence-corrected chi connectivity index (χ2v) is 4.86. The number of amides is 2. The van der Waals surface area contributed by atoms with Crippen LogP contribution in [0.2, 0.25) is 0 Å². The first-order valence-electron chi connectivity index (χ1n) is 6.24. The molecule has 0 spiro atoms. The van der Waals surface area contributed by atoms with Gasteiger partial charge in [0.15, 0.2) is 0 Å². The average molecular weight is 252 g/mol. The molecule has 0 radical (unpaired) electrons. The monoisotopic (exact) mass is 252 g/mol. The molecule has 1 rings (SSSR count). The van der Waals surface area contributed by atoms with E-state index in [1.165, 1.54) is 0 Å². The normalized spacial score (nSPS) is 19.3. The quantitative estimate of drug-likeness (QED) is 0.661. The van der Waals surface area contributed by atoms with E-state index >= 15 is 0 Å². The van der Waals surface area contributed by atoms with Crippen LogP contribution in [0.3, 0.4) is 0 Å². The van der Waals surface area contributed by atoms with Gasteiger partial charge >= 0.3 is 12.0 Å². The first kappa shape index (κ1) is 14.4. The molecule has 0 heterocycles. The molecule has 1 aliphatic carbocycles. The standard InChI is InChI=1S/C13H20N2O3/c1-3-10(2)15-12(18)14-9-13(11(16)17)7-5-4-6-8-13/h1,10H,4-9H2,2H3,(H,16,17)(H2,14,15,18). The number of aliphatic carboxylic acids is 1. The number of hydrogen-bond donors (Lipinski definition) is 3. The van der Waals surface area contributed by atoms with E-state index in [2.05, 4.69) is 16.6 Å². The summed E-state index contributed by atoms with van der Waals surface area (Å²) in [6.07, 6.45) is 9.25.